The van der Waals surface area contributed by atoms with Gasteiger partial charge in [-0.25, -0.2) is 0 Å². The fraction of sp³-hybridized carbons (Fsp3) is 0.316. The lowest BCUT2D eigenvalue weighted by molar-refractivity contribution is -0.115. The Balaban J connectivity index is 1.64. The minimum absolute atomic E-state index is 0.0496. The van der Waals surface area contributed by atoms with Crippen molar-refractivity contribution in [3.05, 3.63) is 64.7 Å². The third kappa shape index (κ3) is 4.57. The molecule has 1 heterocycles. The maximum atomic E-state index is 12.2. The van der Waals surface area contributed by atoms with Gasteiger partial charge in [-0.3, -0.25) is 4.79 Å². The Labute approximate surface area is 147 Å². The average molecular weight is 345 g/mol. The number of ether oxygens (including phenoxy) is 1. The van der Waals surface area contributed by atoms with E-state index in [-0.39, 0.29) is 12.0 Å². The smallest absolute Gasteiger partial charge is 0.228 e. The molecule has 1 unspecified atom stereocenters. The van der Waals surface area contributed by atoms with Crippen LogP contribution >= 0.6 is 11.6 Å². The molecule has 24 heavy (non-hydrogen) atoms. The molecular formula is C19H21ClN2O2. The lowest BCUT2D eigenvalue weighted by Gasteiger charge is -2.30. The maximum absolute atomic E-state index is 12.2. The molecule has 1 fully saturated rings. The second kappa shape index (κ2) is 7.79. The zero-order valence-electron chi connectivity index (χ0n) is 13.7. The van der Waals surface area contributed by atoms with Crippen molar-refractivity contribution in [2.24, 2.45) is 0 Å². The van der Waals surface area contributed by atoms with Gasteiger partial charge in [-0.1, -0.05) is 35.9 Å². The molecule has 4 nitrogen and oxygen atoms in total. The first kappa shape index (κ1) is 17.0. The molecule has 126 valence electrons. The minimum atomic E-state index is -0.0592. The van der Waals surface area contributed by atoms with Gasteiger partial charge in [0, 0.05) is 23.8 Å². The highest BCUT2D eigenvalue weighted by molar-refractivity contribution is 6.30. The average Bonchev–Trinajstić information content (AvgIpc) is 2.55. The molecule has 1 aliphatic heterocycles. The summed E-state index contributed by atoms with van der Waals surface area (Å²) in [5.74, 6) is -0.0592. The zero-order chi connectivity index (χ0) is 16.9. The number of hydrogen-bond acceptors (Lipinski definition) is 3. The lowest BCUT2D eigenvalue weighted by atomic mass is 10.1. The quantitative estimate of drug-likeness (QED) is 0.922. The first-order valence-corrected chi connectivity index (χ1v) is 8.42. The highest BCUT2D eigenvalue weighted by Crippen LogP contribution is 2.24. The number of rotatable bonds is 4. The van der Waals surface area contributed by atoms with Crippen molar-refractivity contribution in [1.29, 1.82) is 0 Å². The summed E-state index contributed by atoms with van der Waals surface area (Å²) in [6, 6.07) is 15.2. The highest BCUT2D eigenvalue weighted by atomic mass is 35.5. The van der Waals surface area contributed by atoms with E-state index in [1.165, 1.54) is 0 Å². The standard InChI is InChI=1S/C19H21ClN2O2/c1-22-8-9-24-18(13-22)15-5-3-7-17(12-15)21-19(23)11-14-4-2-6-16(20)10-14/h2-7,10,12,18H,8-9,11,13H2,1H3,(H,21,23). The number of carbonyl (C=O) groups is 1. The van der Waals surface area contributed by atoms with Crippen LogP contribution in [0.25, 0.3) is 0 Å². The van der Waals surface area contributed by atoms with Gasteiger partial charge in [0.1, 0.15) is 0 Å². The predicted molar refractivity (Wildman–Crippen MR) is 96.4 cm³/mol. The van der Waals surface area contributed by atoms with Crippen molar-refractivity contribution in [2.45, 2.75) is 12.5 Å². The number of anilines is 1. The van der Waals surface area contributed by atoms with E-state index in [4.69, 9.17) is 16.3 Å². The Morgan fingerprint density at radius 2 is 2.12 bits per heavy atom. The van der Waals surface area contributed by atoms with Gasteiger partial charge in [0.15, 0.2) is 0 Å². The van der Waals surface area contributed by atoms with Crippen molar-refractivity contribution in [1.82, 2.24) is 4.90 Å². The number of amides is 1. The molecule has 0 saturated carbocycles. The van der Waals surface area contributed by atoms with Crippen molar-refractivity contribution < 1.29 is 9.53 Å². The number of hydrogen-bond donors (Lipinski definition) is 1. The molecule has 1 aliphatic rings. The van der Waals surface area contributed by atoms with Crippen LogP contribution in [-0.2, 0) is 16.0 Å². The van der Waals surface area contributed by atoms with E-state index in [9.17, 15) is 4.79 Å². The molecule has 0 radical (unpaired) electrons. The summed E-state index contributed by atoms with van der Waals surface area (Å²) in [6.45, 7) is 2.54. The third-order valence-corrected chi connectivity index (χ3v) is 4.30. The summed E-state index contributed by atoms with van der Waals surface area (Å²) in [7, 11) is 2.09. The second-order valence-electron chi connectivity index (χ2n) is 6.10. The SMILES string of the molecule is CN1CCOC(c2cccc(NC(=O)Cc3cccc(Cl)c3)c2)C1. The van der Waals surface area contributed by atoms with Gasteiger partial charge >= 0.3 is 0 Å². The van der Waals surface area contributed by atoms with Crippen molar-refractivity contribution >= 4 is 23.2 Å². The van der Waals surface area contributed by atoms with Crippen LogP contribution < -0.4 is 5.32 Å². The molecule has 1 saturated heterocycles. The molecule has 3 rings (SSSR count). The second-order valence-corrected chi connectivity index (χ2v) is 6.54. The summed E-state index contributed by atoms with van der Waals surface area (Å²) >= 11 is 5.96. The Kier molecular flexibility index (Phi) is 5.51. The van der Waals surface area contributed by atoms with Crippen LogP contribution in [0.1, 0.15) is 17.2 Å². The van der Waals surface area contributed by atoms with Gasteiger partial charge in [-0.05, 0) is 42.4 Å². The topological polar surface area (TPSA) is 41.6 Å². The van der Waals surface area contributed by atoms with Crippen LogP contribution in [-0.4, -0.2) is 37.6 Å². The summed E-state index contributed by atoms with van der Waals surface area (Å²) in [6.07, 6.45) is 0.349. The van der Waals surface area contributed by atoms with Gasteiger partial charge in [0.05, 0.1) is 19.1 Å². The van der Waals surface area contributed by atoms with Crippen molar-refractivity contribution in [3.63, 3.8) is 0 Å². The fourth-order valence-corrected chi connectivity index (χ4v) is 3.05. The van der Waals surface area contributed by atoms with Crippen LogP contribution in [0.15, 0.2) is 48.5 Å². The Bertz CT molecular complexity index is 720. The summed E-state index contributed by atoms with van der Waals surface area (Å²) in [5, 5.41) is 3.59. The largest absolute Gasteiger partial charge is 0.371 e. The predicted octanol–water partition coefficient (Wildman–Crippen LogP) is 3.52. The van der Waals surface area contributed by atoms with E-state index in [2.05, 4.69) is 17.3 Å². The summed E-state index contributed by atoms with van der Waals surface area (Å²) in [5.41, 5.74) is 2.77. The van der Waals surface area contributed by atoms with Gasteiger partial charge < -0.3 is 15.0 Å². The van der Waals surface area contributed by atoms with Gasteiger partial charge in [0.2, 0.25) is 5.91 Å². The first-order valence-electron chi connectivity index (χ1n) is 8.04. The van der Waals surface area contributed by atoms with E-state index in [0.29, 0.717) is 11.4 Å². The minimum Gasteiger partial charge on any atom is -0.371 e. The van der Waals surface area contributed by atoms with Crippen LogP contribution in [0.4, 0.5) is 5.69 Å². The van der Waals surface area contributed by atoms with Crippen molar-refractivity contribution in [3.8, 4) is 0 Å². The van der Waals surface area contributed by atoms with Crippen molar-refractivity contribution in [2.75, 3.05) is 32.1 Å². The number of likely N-dealkylation sites (N-methyl/N-ethyl adjacent to an activating group) is 1. The van der Waals surface area contributed by atoms with Gasteiger partial charge in [0.25, 0.3) is 0 Å². The number of nitrogens with zero attached hydrogens (tertiary/aromatic N) is 1. The van der Waals surface area contributed by atoms with E-state index >= 15 is 0 Å². The normalized spacial score (nSPS) is 18.3. The summed E-state index contributed by atoms with van der Waals surface area (Å²) < 4.78 is 5.83. The summed E-state index contributed by atoms with van der Waals surface area (Å²) in [4.78, 5) is 14.5. The van der Waals surface area contributed by atoms with E-state index in [1.54, 1.807) is 6.07 Å². The molecule has 1 atom stereocenters. The van der Waals surface area contributed by atoms with Gasteiger partial charge in [-0.2, -0.15) is 0 Å². The maximum Gasteiger partial charge on any atom is 0.228 e. The number of morpholine rings is 1. The highest BCUT2D eigenvalue weighted by Gasteiger charge is 2.19. The number of halogens is 1. The van der Waals surface area contributed by atoms with E-state index < -0.39 is 0 Å². The number of carbonyl (C=O) groups excluding carboxylic acids is 1. The molecular weight excluding hydrogens is 324 g/mol. The lowest BCUT2D eigenvalue weighted by Crippen LogP contribution is -2.35. The first-order chi connectivity index (χ1) is 11.6. The fourth-order valence-electron chi connectivity index (χ4n) is 2.83. The molecule has 0 bridgehead atoms. The monoisotopic (exact) mass is 344 g/mol. The van der Waals surface area contributed by atoms with Crippen LogP contribution in [0.2, 0.25) is 5.02 Å². The molecule has 2 aromatic rings. The van der Waals surface area contributed by atoms with E-state index in [1.807, 2.05) is 42.5 Å². The molecule has 1 amide bonds. The third-order valence-electron chi connectivity index (χ3n) is 4.07. The molecule has 0 aromatic heterocycles. The zero-order valence-corrected chi connectivity index (χ0v) is 14.4. The number of benzene rings is 2. The van der Waals surface area contributed by atoms with Gasteiger partial charge in [-0.15, -0.1) is 0 Å². The van der Waals surface area contributed by atoms with Crippen LogP contribution in [0, 0.1) is 0 Å². The molecule has 5 heteroatoms. The van der Waals surface area contributed by atoms with Crippen LogP contribution in [0.5, 0.6) is 0 Å². The van der Waals surface area contributed by atoms with E-state index in [0.717, 1.165) is 36.5 Å². The Morgan fingerprint density at radius 1 is 1.29 bits per heavy atom. The Morgan fingerprint density at radius 3 is 2.92 bits per heavy atom. The molecule has 0 aliphatic carbocycles. The van der Waals surface area contributed by atoms with Crippen LogP contribution in [0.3, 0.4) is 0 Å². The molecule has 0 spiro atoms. The molecule has 2 aromatic carbocycles. The number of nitrogens with one attached hydrogen (secondary N) is 1. The molecule has 1 N–H and O–H groups in total. The Hall–Kier alpha value is -1.88.